The highest BCUT2D eigenvalue weighted by Crippen LogP contribution is 2.52. The summed E-state index contributed by atoms with van der Waals surface area (Å²) in [6.45, 7) is 5.95. The van der Waals surface area contributed by atoms with Crippen LogP contribution in [0, 0.1) is 5.41 Å². The molecular weight excluding hydrogens is 278 g/mol. The molecule has 3 fully saturated rings. The van der Waals surface area contributed by atoms with E-state index in [1.807, 2.05) is 0 Å². The summed E-state index contributed by atoms with van der Waals surface area (Å²) in [4.78, 5) is 0. The topological polar surface area (TPSA) is 55.8 Å². The molecule has 2 aliphatic heterocycles. The van der Waals surface area contributed by atoms with Gasteiger partial charge in [0.1, 0.15) is 4.75 Å². The molecule has 5 nitrogen and oxygen atoms in total. The second-order valence-corrected chi connectivity index (χ2v) is 9.44. The van der Waals surface area contributed by atoms with Crippen molar-refractivity contribution in [3.05, 3.63) is 0 Å². The maximum Gasteiger partial charge on any atom is 0.222 e. The Balaban J connectivity index is 1.83. The van der Waals surface area contributed by atoms with Gasteiger partial charge in [-0.25, -0.2) is 8.42 Å². The first-order valence-electron chi connectivity index (χ1n) is 7.46. The Labute approximate surface area is 121 Å². The van der Waals surface area contributed by atoms with Gasteiger partial charge in [0.05, 0.1) is 18.8 Å². The van der Waals surface area contributed by atoms with Crippen LogP contribution < -0.4 is 0 Å². The van der Waals surface area contributed by atoms with Crippen molar-refractivity contribution in [3.63, 3.8) is 0 Å². The van der Waals surface area contributed by atoms with Crippen molar-refractivity contribution in [3.8, 4) is 0 Å². The van der Waals surface area contributed by atoms with Gasteiger partial charge in [0.15, 0.2) is 0 Å². The van der Waals surface area contributed by atoms with Gasteiger partial charge >= 0.3 is 0 Å². The average molecular weight is 303 g/mol. The van der Waals surface area contributed by atoms with Gasteiger partial charge in [0.2, 0.25) is 10.0 Å². The van der Waals surface area contributed by atoms with E-state index in [0.29, 0.717) is 13.2 Å². The van der Waals surface area contributed by atoms with E-state index in [0.717, 1.165) is 32.3 Å². The van der Waals surface area contributed by atoms with E-state index in [-0.39, 0.29) is 17.6 Å². The second kappa shape index (κ2) is 4.66. The third-order valence-electron chi connectivity index (χ3n) is 5.06. The SMILES string of the molecule is COCC1(S(=O)(=O)N2CC(C)(C)C2C2CCCO2)CC1. The summed E-state index contributed by atoms with van der Waals surface area (Å²) in [5, 5.41) is 0. The first kappa shape index (κ1) is 14.8. The van der Waals surface area contributed by atoms with Crippen molar-refractivity contribution in [2.45, 2.75) is 56.4 Å². The molecule has 116 valence electrons. The van der Waals surface area contributed by atoms with Crippen LogP contribution in [0.25, 0.3) is 0 Å². The van der Waals surface area contributed by atoms with Gasteiger partial charge in [-0.3, -0.25) is 0 Å². The number of hydrogen-bond donors (Lipinski definition) is 0. The minimum Gasteiger partial charge on any atom is -0.383 e. The molecule has 0 N–H and O–H groups in total. The molecular formula is C14H25NO4S. The molecule has 0 aromatic rings. The molecule has 1 aliphatic carbocycles. The smallest absolute Gasteiger partial charge is 0.222 e. The minimum absolute atomic E-state index is 0.00519. The lowest BCUT2D eigenvalue weighted by molar-refractivity contribution is -0.0721. The lowest BCUT2D eigenvalue weighted by Gasteiger charge is -2.56. The summed E-state index contributed by atoms with van der Waals surface area (Å²) in [5.41, 5.74) is 0.00519. The molecule has 0 spiro atoms. The van der Waals surface area contributed by atoms with Crippen LogP contribution in [-0.2, 0) is 19.5 Å². The first-order valence-corrected chi connectivity index (χ1v) is 8.90. The molecule has 0 aromatic heterocycles. The van der Waals surface area contributed by atoms with Gasteiger partial charge in [-0.1, -0.05) is 13.8 Å². The van der Waals surface area contributed by atoms with Crippen LogP contribution in [0.4, 0.5) is 0 Å². The number of nitrogens with zero attached hydrogens (tertiary/aromatic N) is 1. The third-order valence-corrected chi connectivity index (χ3v) is 7.66. The van der Waals surface area contributed by atoms with Crippen LogP contribution in [0.5, 0.6) is 0 Å². The van der Waals surface area contributed by atoms with E-state index in [1.54, 1.807) is 11.4 Å². The maximum absolute atomic E-state index is 12.9. The summed E-state index contributed by atoms with van der Waals surface area (Å²) >= 11 is 0. The molecule has 20 heavy (non-hydrogen) atoms. The molecule has 2 unspecified atom stereocenters. The predicted octanol–water partition coefficient (Wildman–Crippen LogP) is 1.38. The first-order chi connectivity index (χ1) is 9.34. The van der Waals surface area contributed by atoms with Crippen LogP contribution in [0.15, 0.2) is 0 Å². The molecule has 3 aliphatic rings. The molecule has 1 saturated carbocycles. The van der Waals surface area contributed by atoms with Crippen molar-refractivity contribution in [1.82, 2.24) is 4.31 Å². The van der Waals surface area contributed by atoms with Crippen molar-refractivity contribution in [1.29, 1.82) is 0 Å². The van der Waals surface area contributed by atoms with Crippen LogP contribution in [0.3, 0.4) is 0 Å². The summed E-state index contributed by atoms with van der Waals surface area (Å²) < 4.78 is 37.8. The van der Waals surface area contributed by atoms with E-state index in [2.05, 4.69) is 13.8 Å². The average Bonchev–Trinajstić information content (AvgIpc) is 2.97. The molecule has 6 heteroatoms. The fourth-order valence-electron chi connectivity index (χ4n) is 3.77. The maximum atomic E-state index is 12.9. The zero-order valence-electron chi connectivity index (χ0n) is 12.6. The van der Waals surface area contributed by atoms with Crippen LogP contribution in [-0.4, -0.2) is 56.5 Å². The highest BCUT2D eigenvalue weighted by molar-refractivity contribution is 7.91. The van der Waals surface area contributed by atoms with E-state index in [1.165, 1.54) is 0 Å². The zero-order valence-corrected chi connectivity index (χ0v) is 13.4. The number of rotatable bonds is 5. The Hall–Kier alpha value is -0.170. The van der Waals surface area contributed by atoms with Gasteiger partial charge in [0.25, 0.3) is 0 Å². The summed E-state index contributed by atoms with van der Waals surface area (Å²) in [6, 6.07) is -0.00988. The van der Waals surface area contributed by atoms with Crippen molar-refractivity contribution in [2.24, 2.45) is 5.41 Å². The second-order valence-electron chi connectivity index (χ2n) is 7.15. The van der Waals surface area contributed by atoms with Gasteiger partial charge in [0, 0.05) is 20.3 Å². The number of ether oxygens (including phenoxy) is 2. The van der Waals surface area contributed by atoms with Gasteiger partial charge < -0.3 is 9.47 Å². The van der Waals surface area contributed by atoms with E-state index < -0.39 is 14.8 Å². The van der Waals surface area contributed by atoms with Gasteiger partial charge in [-0.15, -0.1) is 0 Å². The van der Waals surface area contributed by atoms with Crippen molar-refractivity contribution in [2.75, 3.05) is 26.9 Å². The molecule has 2 atom stereocenters. The Bertz CT molecular complexity index is 477. The lowest BCUT2D eigenvalue weighted by Crippen LogP contribution is -2.69. The molecule has 0 bridgehead atoms. The van der Waals surface area contributed by atoms with Crippen molar-refractivity contribution >= 4 is 10.0 Å². The zero-order chi connectivity index (χ0) is 14.6. The molecule has 2 heterocycles. The van der Waals surface area contributed by atoms with Gasteiger partial charge in [-0.2, -0.15) is 4.31 Å². The molecule has 2 saturated heterocycles. The fraction of sp³-hybridized carbons (Fsp3) is 1.00. The number of hydrogen-bond acceptors (Lipinski definition) is 4. The highest BCUT2D eigenvalue weighted by atomic mass is 32.2. The number of methoxy groups -OCH3 is 1. The van der Waals surface area contributed by atoms with E-state index in [9.17, 15) is 8.42 Å². The standard InChI is InChI=1S/C14H25NO4S/c1-13(2)9-15(12(13)11-5-4-8-19-11)20(16,17)14(6-7-14)10-18-3/h11-12H,4-10H2,1-3H3. The largest absolute Gasteiger partial charge is 0.383 e. The Morgan fingerprint density at radius 3 is 2.50 bits per heavy atom. The molecule has 0 amide bonds. The monoisotopic (exact) mass is 303 g/mol. The molecule has 0 radical (unpaired) electrons. The predicted molar refractivity (Wildman–Crippen MR) is 76.0 cm³/mol. The minimum atomic E-state index is -3.28. The Morgan fingerprint density at radius 1 is 1.35 bits per heavy atom. The molecule has 0 aromatic carbocycles. The summed E-state index contributed by atoms with van der Waals surface area (Å²) in [7, 11) is -1.71. The fourth-order valence-corrected chi connectivity index (χ4v) is 6.38. The Morgan fingerprint density at radius 2 is 2.05 bits per heavy atom. The van der Waals surface area contributed by atoms with E-state index in [4.69, 9.17) is 9.47 Å². The Kier molecular flexibility index (Phi) is 3.44. The van der Waals surface area contributed by atoms with Crippen LogP contribution in [0.1, 0.15) is 39.5 Å². The summed E-state index contributed by atoms with van der Waals surface area (Å²) in [5.74, 6) is 0. The third kappa shape index (κ3) is 2.03. The lowest BCUT2D eigenvalue weighted by atomic mass is 9.74. The highest BCUT2D eigenvalue weighted by Gasteiger charge is 2.64. The summed E-state index contributed by atoms with van der Waals surface area (Å²) in [6.07, 6.45) is 3.51. The van der Waals surface area contributed by atoms with Gasteiger partial charge in [-0.05, 0) is 31.1 Å². The quantitative estimate of drug-likeness (QED) is 0.770. The number of sulfonamides is 1. The van der Waals surface area contributed by atoms with Crippen molar-refractivity contribution < 1.29 is 17.9 Å². The molecule has 3 rings (SSSR count). The normalized spacial score (nSPS) is 35.8. The van der Waals surface area contributed by atoms with E-state index >= 15 is 0 Å². The van der Waals surface area contributed by atoms with Crippen LogP contribution in [0.2, 0.25) is 0 Å². The van der Waals surface area contributed by atoms with Crippen LogP contribution >= 0.6 is 0 Å².